The summed E-state index contributed by atoms with van der Waals surface area (Å²) in [6.45, 7) is 8.55. The van der Waals surface area contributed by atoms with E-state index in [0.717, 1.165) is 57.2 Å². The van der Waals surface area contributed by atoms with Gasteiger partial charge in [-0.25, -0.2) is 4.98 Å². The molecular weight excluding hydrogens is 396 g/mol. The Labute approximate surface area is 187 Å². The van der Waals surface area contributed by atoms with Crippen molar-refractivity contribution in [3.63, 3.8) is 0 Å². The molecule has 1 aliphatic heterocycles. The van der Waals surface area contributed by atoms with Crippen LogP contribution in [0.4, 0.5) is 0 Å². The summed E-state index contributed by atoms with van der Waals surface area (Å²) in [6, 6.07) is 0. The van der Waals surface area contributed by atoms with Crippen LogP contribution in [0, 0.1) is 0 Å². The summed E-state index contributed by atoms with van der Waals surface area (Å²) in [7, 11) is 0. The number of rotatable bonds is 11. The van der Waals surface area contributed by atoms with Crippen molar-refractivity contribution >= 4 is 17.3 Å². The zero-order valence-electron chi connectivity index (χ0n) is 18.5. The Morgan fingerprint density at radius 3 is 2.80 bits per heavy atom. The molecule has 0 atom stereocenters. The van der Waals surface area contributed by atoms with Crippen LogP contribution >= 0.6 is 12.2 Å². The number of hydrogen-bond acceptors (Lipinski definition) is 4. The molecule has 6 nitrogen and oxygen atoms in total. The zero-order valence-corrected chi connectivity index (χ0v) is 19.3. The Balaban J connectivity index is 1.35. The number of imidazole rings is 1. The van der Waals surface area contributed by atoms with Crippen LogP contribution in [0.15, 0.2) is 24.0 Å². The van der Waals surface area contributed by atoms with E-state index in [9.17, 15) is 0 Å². The van der Waals surface area contributed by atoms with Crippen LogP contribution in [0.25, 0.3) is 0 Å². The number of nitrogens with zero attached hydrogens (tertiary/aromatic N) is 3. The molecule has 30 heavy (non-hydrogen) atoms. The topological polar surface area (TPSA) is 51.6 Å². The molecule has 1 saturated heterocycles. The third-order valence-corrected chi connectivity index (χ3v) is 6.46. The maximum absolute atomic E-state index is 5.67. The molecule has 7 heteroatoms. The molecule has 0 bridgehead atoms. The summed E-state index contributed by atoms with van der Waals surface area (Å²) < 4.78 is 13.2. The minimum atomic E-state index is 0.495. The molecule has 168 valence electrons. The largest absolute Gasteiger partial charge is 0.379 e. The van der Waals surface area contributed by atoms with Crippen LogP contribution in [0.3, 0.4) is 0 Å². The van der Waals surface area contributed by atoms with Gasteiger partial charge in [-0.2, -0.15) is 0 Å². The van der Waals surface area contributed by atoms with Crippen molar-refractivity contribution in [3.05, 3.63) is 29.9 Å². The number of ether oxygens (including phenoxy) is 2. The van der Waals surface area contributed by atoms with Gasteiger partial charge in [-0.05, 0) is 64.1 Å². The number of hydrogen-bond donors (Lipinski definition) is 1. The fourth-order valence-corrected chi connectivity index (χ4v) is 4.60. The average Bonchev–Trinajstić information content (AvgIpc) is 3.25. The van der Waals surface area contributed by atoms with Crippen molar-refractivity contribution < 1.29 is 9.47 Å². The van der Waals surface area contributed by atoms with Crippen LogP contribution in [0.2, 0.25) is 0 Å². The first kappa shape index (κ1) is 23.2. The Morgan fingerprint density at radius 2 is 2.03 bits per heavy atom. The molecule has 2 aliphatic rings. The third-order valence-electron chi connectivity index (χ3n) is 6.06. The molecule has 0 aromatic carbocycles. The first-order chi connectivity index (χ1) is 14.8. The van der Waals surface area contributed by atoms with Gasteiger partial charge in [-0.1, -0.05) is 11.6 Å². The molecule has 3 rings (SSSR count). The van der Waals surface area contributed by atoms with Gasteiger partial charge in [0.25, 0.3) is 0 Å². The van der Waals surface area contributed by atoms with Gasteiger partial charge in [-0.3, -0.25) is 0 Å². The first-order valence-electron chi connectivity index (χ1n) is 11.6. The summed E-state index contributed by atoms with van der Waals surface area (Å²) in [5.74, 6) is 1.68. The monoisotopic (exact) mass is 434 g/mol. The summed E-state index contributed by atoms with van der Waals surface area (Å²) in [6.07, 6.45) is 14.9. The molecule has 1 aliphatic carbocycles. The molecule has 1 aromatic heterocycles. The van der Waals surface area contributed by atoms with Gasteiger partial charge in [0.2, 0.25) is 0 Å². The van der Waals surface area contributed by atoms with Crippen LogP contribution in [0.1, 0.15) is 63.6 Å². The van der Waals surface area contributed by atoms with E-state index in [1.54, 1.807) is 5.57 Å². The summed E-state index contributed by atoms with van der Waals surface area (Å²) in [5, 5.41) is 4.39. The van der Waals surface area contributed by atoms with Crippen LogP contribution in [-0.2, 0) is 16.0 Å². The minimum Gasteiger partial charge on any atom is -0.379 e. The maximum Gasteiger partial charge on any atom is 0.168 e. The Morgan fingerprint density at radius 1 is 1.20 bits per heavy atom. The lowest BCUT2D eigenvalue weighted by Crippen LogP contribution is -2.44. The normalized spacial score (nSPS) is 17.8. The summed E-state index contributed by atoms with van der Waals surface area (Å²) >= 11 is 5.65. The van der Waals surface area contributed by atoms with Gasteiger partial charge < -0.3 is 24.3 Å². The van der Waals surface area contributed by atoms with Crippen molar-refractivity contribution in [2.45, 2.75) is 64.3 Å². The Kier molecular flexibility index (Phi) is 10.1. The average molecular weight is 435 g/mol. The Bertz CT molecular complexity index is 668. The lowest BCUT2D eigenvalue weighted by molar-refractivity contribution is 0.0493. The lowest BCUT2D eigenvalue weighted by Gasteiger charge is -2.34. The molecule has 1 aromatic rings. The van der Waals surface area contributed by atoms with Gasteiger partial charge in [0.15, 0.2) is 5.11 Å². The number of allylic oxidation sites excluding steroid dienone is 1. The zero-order chi connectivity index (χ0) is 21.0. The van der Waals surface area contributed by atoms with E-state index < -0.39 is 0 Å². The van der Waals surface area contributed by atoms with Crippen molar-refractivity contribution in [3.8, 4) is 0 Å². The van der Waals surface area contributed by atoms with E-state index in [-0.39, 0.29) is 0 Å². The lowest BCUT2D eigenvalue weighted by atomic mass is 9.96. The van der Waals surface area contributed by atoms with E-state index in [2.05, 4.69) is 32.0 Å². The molecule has 0 saturated carbocycles. The highest BCUT2D eigenvalue weighted by Crippen LogP contribution is 2.27. The molecule has 1 N–H and O–H groups in total. The molecule has 0 amide bonds. The van der Waals surface area contributed by atoms with E-state index in [1.807, 2.05) is 13.1 Å². The molecule has 0 spiro atoms. The maximum atomic E-state index is 5.67. The molecular formula is C23H38N4O2S. The van der Waals surface area contributed by atoms with Crippen molar-refractivity contribution in [1.82, 2.24) is 19.8 Å². The third kappa shape index (κ3) is 7.36. The number of likely N-dealkylation sites (tertiary alicyclic amines) is 1. The quantitative estimate of drug-likeness (QED) is 0.324. The standard InChI is InChI=1S/C23H38N4O2S/c1-2-28-18-19-29-17-16-26-15-12-24-22(26)21-9-13-27(14-10-21)23(30)25-11-8-20-6-4-3-5-7-20/h6,12,15,21H,2-5,7-11,13-14,16-19H2,1H3,(H,25,30). The first-order valence-corrected chi connectivity index (χ1v) is 12.1. The van der Waals surface area contributed by atoms with Crippen LogP contribution < -0.4 is 5.32 Å². The minimum absolute atomic E-state index is 0.495. The van der Waals surface area contributed by atoms with Gasteiger partial charge in [0.1, 0.15) is 5.82 Å². The van der Waals surface area contributed by atoms with E-state index in [0.29, 0.717) is 25.7 Å². The van der Waals surface area contributed by atoms with Gasteiger partial charge in [-0.15, -0.1) is 0 Å². The SMILES string of the molecule is CCOCCOCCn1ccnc1C1CCN(C(=S)NCCC2=CCCCC2)CC1. The summed E-state index contributed by atoms with van der Waals surface area (Å²) in [4.78, 5) is 6.97. The Hall–Kier alpha value is -1.44. The number of nitrogens with one attached hydrogen (secondary N) is 1. The fraction of sp³-hybridized carbons (Fsp3) is 0.739. The molecule has 0 unspecified atom stereocenters. The van der Waals surface area contributed by atoms with Crippen molar-refractivity contribution in [1.29, 1.82) is 0 Å². The smallest absolute Gasteiger partial charge is 0.168 e. The molecule has 0 radical (unpaired) electrons. The highest BCUT2D eigenvalue weighted by molar-refractivity contribution is 7.80. The fourth-order valence-electron chi connectivity index (χ4n) is 4.31. The predicted octanol–water partition coefficient (Wildman–Crippen LogP) is 3.88. The predicted molar refractivity (Wildman–Crippen MR) is 125 cm³/mol. The van der Waals surface area contributed by atoms with Gasteiger partial charge in [0, 0.05) is 51.1 Å². The van der Waals surface area contributed by atoms with E-state index >= 15 is 0 Å². The highest BCUT2D eigenvalue weighted by Gasteiger charge is 2.25. The van der Waals surface area contributed by atoms with E-state index in [1.165, 1.54) is 31.5 Å². The van der Waals surface area contributed by atoms with Crippen LogP contribution in [-0.4, -0.2) is 65.6 Å². The van der Waals surface area contributed by atoms with Crippen LogP contribution in [0.5, 0.6) is 0 Å². The second kappa shape index (κ2) is 13.1. The van der Waals surface area contributed by atoms with Crippen molar-refractivity contribution in [2.75, 3.05) is 46.1 Å². The highest BCUT2D eigenvalue weighted by atomic mass is 32.1. The summed E-state index contributed by atoms with van der Waals surface area (Å²) in [5.41, 5.74) is 1.60. The molecule has 1 fully saturated rings. The second-order valence-corrected chi connectivity index (χ2v) is 8.53. The second-order valence-electron chi connectivity index (χ2n) is 8.14. The number of aromatic nitrogens is 2. The number of thiocarbonyl (C=S) groups is 1. The van der Waals surface area contributed by atoms with Gasteiger partial charge >= 0.3 is 0 Å². The number of piperidine rings is 1. The molecule has 2 heterocycles. The van der Waals surface area contributed by atoms with Crippen molar-refractivity contribution in [2.24, 2.45) is 0 Å². The van der Waals surface area contributed by atoms with Gasteiger partial charge in [0.05, 0.1) is 19.8 Å². The van der Waals surface area contributed by atoms with E-state index in [4.69, 9.17) is 21.7 Å².